The van der Waals surface area contributed by atoms with Crippen LogP contribution in [0.25, 0.3) is 0 Å². The molecule has 0 spiro atoms. The molecule has 1 aliphatic rings. The summed E-state index contributed by atoms with van der Waals surface area (Å²) in [5.41, 5.74) is 1.85. The van der Waals surface area contributed by atoms with E-state index in [2.05, 4.69) is 13.2 Å². The average Bonchev–Trinajstić information content (AvgIpc) is 2.38. The summed E-state index contributed by atoms with van der Waals surface area (Å²) in [6.07, 6.45) is 5.16. The Labute approximate surface area is 110 Å². The van der Waals surface area contributed by atoms with Crippen LogP contribution in [0.1, 0.15) is 46.0 Å². The van der Waals surface area contributed by atoms with Gasteiger partial charge in [-0.15, -0.1) is 0 Å². The molecule has 0 aromatic carbocycles. The second kappa shape index (κ2) is 7.24. The highest BCUT2D eigenvalue weighted by Gasteiger charge is 2.22. The van der Waals surface area contributed by atoms with Gasteiger partial charge in [0.2, 0.25) is 0 Å². The van der Waals surface area contributed by atoms with E-state index < -0.39 is 6.16 Å². The van der Waals surface area contributed by atoms with Gasteiger partial charge in [0.05, 0.1) is 6.61 Å². The van der Waals surface area contributed by atoms with Gasteiger partial charge in [-0.3, -0.25) is 0 Å². The minimum atomic E-state index is -0.636. The highest BCUT2D eigenvalue weighted by atomic mass is 16.7. The van der Waals surface area contributed by atoms with E-state index in [1.54, 1.807) is 6.92 Å². The van der Waals surface area contributed by atoms with Crippen molar-refractivity contribution in [1.82, 2.24) is 0 Å². The maximum atomic E-state index is 11.2. The molecule has 1 rings (SSSR count). The fraction of sp³-hybridized carbons (Fsp3) is 0.667. The number of carbonyl (C=O) groups excluding carboxylic acids is 1. The van der Waals surface area contributed by atoms with Crippen molar-refractivity contribution in [3.8, 4) is 0 Å². The lowest BCUT2D eigenvalue weighted by molar-refractivity contribution is 0.0427. The minimum absolute atomic E-state index is 0.321. The molecule has 1 atom stereocenters. The van der Waals surface area contributed by atoms with E-state index in [9.17, 15) is 4.79 Å². The molecule has 3 nitrogen and oxygen atoms in total. The Kier molecular flexibility index (Phi) is 5.96. The fourth-order valence-corrected chi connectivity index (χ4v) is 2.34. The SMILES string of the molecule is C=C(C(=C)C(C)OC(=O)OCC)C1CCCCC1. The zero-order valence-electron chi connectivity index (χ0n) is 11.5. The van der Waals surface area contributed by atoms with Crippen LogP contribution in [0.4, 0.5) is 4.79 Å². The smallest absolute Gasteiger partial charge is 0.435 e. The van der Waals surface area contributed by atoms with Crippen molar-refractivity contribution >= 4 is 6.16 Å². The molecule has 0 radical (unpaired) electrons. The zero-order chi connectivity index (χ0) is 13.5. The summed E-state index contributed by atoms with van der Waals surface area (Å²) in [5, 5.41) is 0. The maximum absolute atomic E-state index is 11.2. The first-order chi connectivity index (χ1) is 8.56. The van der Waals surface area contributed by atoms with Crippen LogP contribution in [-0.4, -0.2) is 18.9 Å². The number of ether oxygens (including phenoxy) is 2. The van der Waals surface area contributed by atoms with Crippen LogP contribution in [0.2, 0.25) is 0 Å². The predicted molar refractivity (Wildman–Crippen MR) is 72.4 cm³/mol. The Balaban J connectivity index is 2.46. The summed E-state index contributed by atoms with van der Waals surface area (Å²) in [5.74, 6) is 0.500. The van der Waals surface area contributed by atoms with Crippen molar-refractivity contribution in [1.29, 1.82) is 0 Å². The van der Waals surface area contributed by atoms with Crippen LogP contribution in [0.5, 0.6) is 0 Å². The molecule has 0 bridgehead atoms. The predicted octanol–water partition coefficient (Wildman–Crippen LogP) is 4.24. The van der Waals surface area contributed by atoms with Gasteiger partial charge in [-0.25, -0.2) is 4.79 Å². The third kappa shape index (κ3) is 4.21. The second-order valence-electron chi connectivity index (χ2n) is 4.83. The van der Waals surface area contributed by atoms with E-state index in [-0.39, 0.29) is 6.10 Å². The fourth-order valence-electron chi connectivity index (χ4n) is 2.34. The number of carbonyl (C=O) groups is 1. The average molecular weight is 252 g/mol. The summed E-state index contributed by atoms with van der Waals surface area (Å²) >= 11 is 0. The lowest BCUT2D eigenvalue weighted by Gasteiger charge is -2.27. The van der Waals surface area contributed by atoms with Crippen LogP contribution in [0, 0.1) is 5.92 Å². The molecule has 1 aliphatic carbocycles. The Morgan fingerprint density at radius 2 is 1.89 bits per heavy atom. The van der Waals surface area contributed by atoms with Crippen molar-refractivity contribution in [3.05, 3.63) is 24.3 Å². The van der Waals surface area contributed by atoms with Gasteiger partial charge in [0.1, 0.15) is 6.10 Å². The molecule has 0 amide bonds. The number of hydrogen-bond donors (Lipinski definition) is 0. The van der Waals surface area contributed by atoms with E-state index in [0.29, 0.717) is 12.5 Å². The summed E-state index contributed by atoms with van der Waals surface area (Å²) in [4.78, 5) is 11.2. The largest absolute Gasteiger partial charge is 0.508 e. The Morgan fingerprint density at radius 1 is 1.28 bits per heavy atom. The van der Waals surface area contributed by atoms with Crippen LogP contribution in [0.15, 0.2) is 24.3 Å². The highest BCUT2D eigenvalue weighted by Crippen LogP contribution is 2.33. The maximum Gasteiger partial charge on any atom is 0.508 e. The molecule has 0 aliphatic heterocycles. The summed E-state index contributed by atoms with van der Waals surface area (Å²) < 4.78 is 9.90. The van der Waals surface area contributed by atoms with Gasteiger partial charge in [0.25, 0.3) is 0 Å². The molecule has 0 aromatic heterocycles. The van der Waals surface area contributed by atoms with E-state index in [1.807, 2.05) is 6.92 Å². The Bertz CT molecular complexity index is 314. The van der Waals surface area contributed by atoms with E-state index in [1.165, 1.54) is 32.1 Å². The van der Waals surface area contributed by atoms with E-state index in [4.69, 9.17) is 9.47 Å². The summed E-state index contributed by atoms with van der Waals surface area (Å²) in [6, 6.07) is 0. The van der Waals surface area contributed by atoms with Gasteiger partial charge in [-0.1, -0.05) is 32.4 Å². The van der Waals surface area contributed by atoms with Crippen molar-refractivity contribution in [2.24, 2.45) is 5.92 Å². The molecule has 0 N–H and O–H groups in total. The number of hydrogen-bond acceptors (Lipinski definition) is 3. The molecule has 0 aromatic rings. The minimum Gasteiger partial charge on any atom is -0.435 e. The van der Waals surface area contributed by atoms with Gasteiger partial charge in [0.15, 0.2) is 0 Å². The quantitative estimate of drug-likeness (QED) is 0.542. The monoisotopic (exact) mass is 252 g/mol. The first-order valence-corrected chi connectivity index (χ1v) is 6.77. The van der Waals surface area contributed by atoms with Gasteiger partial charge < -0.3 is 9.47 Å². The van der Waals surface area contributed by atoms with Crippen LogP contribution in [0.3, 0.4) is 0 Å². The lowest BCUT2D eigenvalue weighted by atomic mass is 9.81. The summed E-state index contributed by atoms with van der Waals surface area (Å²) in [6.45, 7) is 12.0. The van der Waals surface area contributed by atoms with Crippen molar-refractivity contribution < 1.29 is 14.3 Å². The Morgan fingerprint density at radius 3 is 2.44 bits per heavy atom. The molecule has 1 saturated carbocycles. The van der Waals surface area contributed by atoms with Crippen molar-refractivity contribution in [2.75, 3.05) is 6.61 Å². The number of rotatable bonds is 5. The molecular formula is C15H24O3. The third-order valence-corrected chi connectivity index (χ3v) is 3.54. The van der Waals surface area contributed by atoms with E-state index >= 15 is 0 Å². The van der Waals surface area contributed by atoms with Gasteiger partial charge in [-0.05, 0) is 43.8 Å². The Hall–Kier alpha value is -1.25. The molecule has 18 heavy (non-hydrogen) atoms. The van der Waals surface area contributed by atoms with Crippen LogP contribution >= 0.6 is 0 Å². The van der Waals surface area contributed by atoms with Crippen molar-refractivity contribution in [3.63, 3.8) is 0 Å². The molecule has 0 saturated heterocycles. The highest BCUT2D eigenvalue weighted by molar-refractivity contribution is 5.60. The standard InChI is InChI=1S/C15H24O3/c1-5-17-15(16)18-13(4)11(2)12(3)14-9-7-6-8-10-14/h13-14H,2-3,5-10H2,1,4H3. The molecule has 3 heteroatoms. The van der Waals surface area contributed by atoms with Crippen molar-refractivity contribution in [2.45, 2.75) is 52.1 Å². The second-order valence-corrected chi connectivity index (χ2v) is 4.83. The molecule has 1 fully saturated rings. The third-order valence-electron chi connectivity index (χ3n) is 3.54. The van der Waals surface area contributed by atoms with Crippen LogP contribution < -0.4 is 0 Å². The van der Waals surface area contributed by atoms with Crippen LogP contribution in [-0.2, 0) is 9.47 Å². The lowest BCUT2D eigenvalue weighted by Crippen LogP contribution is -2.21. The first-order valence-electron chi connectivity index (χ1n) is 6.77. The summed E-state index contributed by atoms with van der Waals surface area (Å²) in [7, 11) is 0. The molecule has 102 valence electrons. The molecule has 1 unspecified atom stereocenters. The normalized spacial score (nSPS) is 17.9. The molecular weight excluding hydrogens is 228 g/mol. The van der Waals surface area contributed by atoms with Gasteiger partial charge in [-0.2, -0.15) is 0 Å². The zero-order valence-corrected chi connectivity index (χ0v) is 11.5. The molecule has 0 heterocycles. The van der Waals surface area contributed by atoms with Gasteiger partial charge >= 0.3 is 6.16 Å². The van der Waals surface area contributed by atoms with E-state index in [0.717, 1.165) is 11.1 Å². The topological polar surface area (TPSA) is 35.5 Å². The first kappa shape index (κ1) is 14.8. The van der Waals surface area contributed by atoms with Gasteiger partial charge in [0, 0.05) is 0 Å².